The van der Waals surface area contributed by atoms with Crippen LogP contribution in [0.25, 0.3) is 0 Å². The van der Waals surface area contributed by atoms with Crippen LogP contribution >= 0.6 is 23.2 Å². The Hall–Kier alpha value is -2.24. The molecule has 5 nitrogen and oxygen atoms in total. The van der Waals surface area contributed by atoms with Gasteiger partial charge in [0, 0.05) is 13.0 Å². The highest BCUT2D eigenvalue weighted by Crippen LogP contribution is 2.29. The van der Waals surface area contributed by atoms with Gasteiger partial charge in [-0.1, -0.05) is 41.4 Å². The fourth-order valence-corrected chi connectivity index (χ4v) is 2.51. The summed E-state index contributed by atoms with van der Waals surface area (Å²) in [7, 11) is 0. The van der Waals surface area contributed by atoms with Crippen LogP contribution in [0.1, 0.15) is 23.7 Å². The van der Waals surface area contributed by atoms with E-state index in [0.717, 1.165) is 0 Å². The first-order chi connectivity index (χ1) is 12.0. The Morgan fingerprint density at radius 3 is 2.52 bits per heavy atom. The normalized spacial score (nSPS) is 10.2. The van der Waals surface area contributed by atoms with Crippen molar-refractivity contribution in [3.8, 4) is 0 Å². The molecule has 0 aliphatic heterocycles. The zero-order valence-corrected chi connectivity index (χ0v) is 15.2. The predicted octanol–water partition coefficient (Wildman–Crippen LogP) is 4.61. The van der Waals surface area contributed by atoms with E-state index in [-0.39, 0.29) is 18.9 Å². The van der Waals surface area contributed by atoms with Crippen molar-refractivity contribution in [2.45, 2.75) is 13.3 Å². The van der Waals surface area contributed by atoms with Gasteiger partial charge in [-0.2, -0.15) is 0 Å². The third kappa shape index (κ3) is 5.37. The summed E-state index contributed by atoms with van der Waals surface area (Å²) in [5, 5.41) is 6.64. The van der Waals surface area contributed by atoms with Crippen molar-refractivity contribution in [3.63, 3.8) is 0 Å². The molecule has 2 aromatic carbocycles. The molecule has 0 aliphatic carbocycles. The second kappa shape index (κ2) is 9.30. The topological polar surface area (TPSA) is 67.4 Å². The number of anilines is 2. The molecule has 1 amide bonds. The number of carbonyl (C=O) groups excluding carboxylic acids is 2. The Kier molecular flexibility index (Phi) is 7.10. The molecule has 0 aliphatic rings. The molecule has 2 N–H and O–H groups in total. The predicted molar refractivity (Wildman–Crippen MR) is 101 cm³/mol. The van der Waals surface area contributed by atoms with E-state index in [2.05, 4.69) is 10.6 Å². The Balaban J connectivity index is 1.93. The maximum absolute atomic E-state index is 12.1. The average molecular weight is 381 g/mol. The van der Waals surface area contributed by atoms with Gasteiger partial charge in [0.2, 0.25) is 5.91 Å². The Labute approximate surface area is 156 Å². The SMILES string of the molecule is CCOC(=O)c1ccccc1NC(=O)CCNc1cccc(Cl)c1Cl. The van der Waals surface area contributed by atoms with Crippen LogP contribution in [0, 0.1) is 0 Å². The molecule has 7 heteroatoms. The van der Waals surface area contributed by atoms with Gasteiger partial charge in [0.15, 0.2) is 0 Å². The second-order valence-corrected chi connectivity index (χ2v) is 5.88. The van der Waals surface area contributed by atoms with E-state index in [9.17, 15) is 9.59 Å². The third-order valence-corrected chi connectivity index (χ3v) is 4.13. The fraction of sp³-hybridized carbons (Fsp3) is 0.222. The first kappa shape index (κ1) is 19.1. The summed E-state index contributed by atoms with van der Waals surface area (Å²) in [4.78, 5) is 24.0. The number of nitrogens with one attached hydrogen (secondary N) is 2. The van der Waals surface area contributed by atoms with Gasteiger partial charge in [0.1, 0.15) is 0 Å². The first-order valence-electron chi connectivity index (χ1n) is 7.76. The number of rotatable bonds is 7. The molecule has 132 valence electrons. The Morgan fingerprint density at radius 1 is 1.04 bits per heavy atom. The van der Waals surface area contributed by atoms with Gasteiger partial charge in [0.25, 0.3) is 0 Å². The van der Waals surface area contributed by atoms with Gasteiger partial charge in [-0.15, -0.1) is 0 Å². The lowest BCUT2D eigenvalue weighted by Crippen LogP contribution is -2.18. The van der Waals surface area contributed by atoms with Gasteiger partial charge in [-0.05, 0) is 31.2 Å². The number of esters is 1. The minimum Gasteiger partial charge on any atom is -0.462 e. The largest absolute Gasteiger partial charge is 0.462 e. The van der Waals surface area contributed by atoms with Crippen LogP contribution in [-0.4, -0.2) is 25.0 Å². The van der Waals surface area contributed by atoms with Crippen LogP contribution < -0.4 is 10.6 Å². The molecule has 0 radical (unpaired) electrons. The van der Waals surface area contributed by atoms with Crippen molar-refractivity contribution in [1.29, 1.82) is 0 Å². The maximum Gasteiger partial charge on any atom is 0.340 e. The summed E-state index contributed by atoms with van der Waals surface area (Å²) >= 11 is 12.0. The van der Waals surface area contributed by atoms with E-state index in [1.807, 2.05) is 0 Å². The summed E-state index contributed by atoms with van der Waals surface area (Å²) in [5.74, 6) is -0.704. The molecule has 0 spiro atoms. The minimum absolute atomic E-state index is 0.194. The Bertz CT molecular complexity index is 766. The highest BCUT2D eigenvalue weighted by molar-refractivity contribution is 6.43. The number of para-hydroxylation sites is 1. The van der Waals surface area contributed by atoms with Crippen molar-refractivity contribution in [3.05, 3.63) is 58.1 Å². The zero-order valence-electron chi connectivity index (χ0n) is 13.6. The minimum atomic E-state index is -0.470. The monoisotopic (exact) mass is 380 g/mol. The smallest absolute Gasteiger partial charge is 0.340 e. The summed E-state index contributed by atoms with van der Waals surface area (Å²) in [6.07, 6.45) is 0.194. The number of halogens is 2. The molecule has 0 heterocycles. The molecular formula is C18H18Cl2N2O3. The fourth-order valence-electron chi connectivity index (χ4n) is 2.14. The average Bonchev–Trinajstić information content (AvgIpc) is 2.59. The number of ether oxygens (including phenoxy) is 1. The van der Waals surface area contributed by atoms with Crippen LogP contribution in [0.5, 0.6) is 0 Å². The van der Waals surface area contributed by atoms with Crippen LogP contribution in [0.15, 0.2) is 42.5 Å². The maximum atomic E-state index is 12.1. The lowest BCUT2D eigenvalue weighted by molar-refractivity contribution is -0.115. The van der Waals surface area contributed by atoms with Gasteiger partial charge < -0.3 is 15.4 Å². The molecule has 0 aromatic heterocycles. The van der Waals surface area contributed by atoms with E-state index < -0.39 is 5.97 Å². The quantitative estimate of drug-likeness (QED) is 0.688. The van der Waals surface area contributed by atoms with Crippen LogP contribution in [0.2, 0.25) is 10.0 Å². The standard InChI is InChI=1S/C18H18Cl2N2O3/c1-2-25-18(24)12-6-3-4-8-14(12)22-16(23)10-11-21-15-9-5-7-13(19)17(15)20/h3-9,21H,2,10-11H2,1H3,(H,22,23). The number of amides is 1. The highest BCUT2D eigenvalue weighted by atomic mass is 35.5. The summed E-state index contributed by atoms with van der Waals surface area (Å²) in [6, 6.07) is 12.0. The summed E-state index contributed by atoms with van der Waals surface area (Å²) in [6.45, 7) is 2.37. The second-order valence-electron chi connectivity index (χ2n) is 5.09. The zero-order chi connectivity index (χ0) is 18.2. The summed E-state index contributed by atoms with van der Waals surface area (Å²) in [5.41, 5.74) is 1.41. The van der Waals surface area contributed by atoms with Gasteiger partial charge >= 0.3 is 5.97 Å². The highest BCUT2D eigenvalue weighted by Gasteiger charge is 2.13. The van der Waals surface area contributed by atoms with Crippen molar-refractivity contribution >= 4 is 46.5 Å². The lowest BCUT2D eigenvalue weighted by atomic mass is 10.1. The number of benzene rings is 2. The van der Waals surface area contributed by atoms with Crippen LogP contribution in [0.4, 0.5) is 11.4 Å². The number of carbonyl (C=O) groups is 2. The van der Waals surface area contributed by atoms with E-state index in [4.69, 9.17) is 27.9 Å². The number of hydrogen-bond acceptors (Lipinski definition) is 4. The molecule has 0 bridgehead atoms. The summed E-state index contributed by atoms with van der Waals surface area (Å²) < 4.78 is 4.98. The van der Waals surface area contributed by atoms with Gasteiger partial charge in [-0.3, -0.25) is 4.79 Å². The first-order valence-corrected chi connectivity index (χ1v) is 8.52. The van der Waals surface area contributed by atoms with E-state index >= 15 is 0 Å². The van der Waals surface area contributed by atoms with Crippen molar-refractivity contribution in [1.82, 2.24) is 0 Å². The van der Waals surface area contributed by atoms with E-state index in [0.29, 0.717) is 33.5 Å². The molecular weight excluding hydrogens is 363 g/mol. The van der Waals surface area contributed by atoms with Crippen LogP contribution in [-0.2, 0) is 9.53 Å². The van der Waals surface area contributed by atoms with Crippen LogP contribution in [0.3, 0.4) is 0 Å². The molecule has 25 heavy (non-hydrogen) atoms. The third-order valence-electron chi connectivity index (χ3n) is 3.32. The molecule has 2 aromatic rings. The van der Waals surface area contributed by atoms with Gasteiger partial charge in [-0.25, -0.2) is 4.79 Å². The molecule has 0 saturated carbocycles. The molecule has 0 fully saturated rings. The lowest BCUT2D eigenvalue weighted by Gasteiger charge is -2.11. The molecule has 0 saturated heterocycles. The van der Waals surface area contributed by atoms with Crippen molar-refractivity contribution in [2.24, 2.45) is 0 Å². The van der Waals surface area contributed by atoms with Gasteiger partial charge in [0.05, 0.1) is 33.6 Å². The molecule has 0 atom stereocenters. The Morgan fingerprint density at radius 2 is 1.76 bits per heavy atom. The molecule has 0 unspecified atom stereocenters. The van der Waals surface area contributed by atoms with Crippen molar-refractivity contribution < 1.29 is 14.3 Å². The molecule has 2 rings (SSSR count). The van der Waals surface area contributed by atoms with E-state index in [1.165, 1.54) is 0 Å². The van der Waals surface area contributed by atoms with E-state index in [1.54, 1.807) is 49.4 Å². The van der Waals surface area contributed by atoms with Crippen molar-refractivity contribution in [2.75, 3.05) is 23.8 Å². The number of hydrogen-bond donors (Lipinski definition) is 2.